The van der Waals surface area contributed by atoms with E-state index in [1.807, 2.05) is 6.07 Å². The van der Waals surface area contributed by atoms with Crippen LogP contribution in [0.15, 0.2) is 47.7 Å². The summed E-state index contributed by atoms with van der Waals surface area (Å²) < 4.78 is 10.4. The fourth-order valence-corrected chi connectivity index (χ4v) is 2.50. The van der Waals surface area contributed by atoms with Gasteiger partial charge in [0.15, 0.2) is 11.5 Å². The number of hydrogen-bond acceptors (Lipinski definition) is 5. The molecule has 1 amide bonds. The summed E-state index contributed by atoms with van der Waals surface area (Å²) in [6.45, 7) is 0.288. The SMILES string of the molecule is COc1cc2[nH]cc(C(=O)NCc3cccnc3)c(=O)c2cc1OC. The summed E-state index contributed by atoms with van der Waals surface area (Å²) in [5.41, 5.74) is 1.06. The van der Waals surface area contributed by atoms with Gasteiger partial charge in [-0.3, -0.25) is 14.6 Å². The van der Waals surface area contributed by atoms with E-state index >= 15 is 0 Å². The topological polar surface area (TPSA) is 93.3 Å². The number of fused-ring (bicyclic) bond motifs is 1. The Morgan fingerprint density at radius 2 is 2.00 bits per heavy atom. The number of hydrogen-bond donors (Lipinski definition) is 2. The molecular formula is C18H17N3O4. The standard InChI is InChI=1S/C18H17N3O4/c1-24-15-6-12-14(7-16(15)25-2)20-10-13(17(12)22)18(23)21-9-11-4-3-5-19-8-11/h3-8,10H,9H2,1-2H3,(H,20,22)(H,21,23). The third kappa shape index (κ3) is 3.30. The second-order valence-electron chi connectivity index (χ2n) is 5.33. The van der Waals surface area contributed by atoms with Crippen LogP contribution in [0.1, 0.15) is 15.9 Å². The van der Waals surface area contributed by atoms with Crippen LogP contribution in [0, 0.1) is 0 Å². The first-order chi connectivity index (χ1) is 12.1. The predicted octanol–water partition coefficient (Wildman–Crippen LogP) is 1.87. The van der Waals surface area contributed by atoms with E-state index in [1.54, 1.807) is 30.6 Å². The minimum Gasteiger partial charge on any atom is -0.493 e. The molecule has 0 saturated carbocycles. The largest absolute Gasteiger partial charge is 0.493 e. The summed E-state index contributed by atoms with van der Waals surface area (Å²) in [5.74, 6) is 0.467. The van der Waals surface area contributed by atoms with Crippen LogP contribution in [-0.2, 0) is 6.54 Å². The highest BCUT2D eigenvalue weighted by Crippen LogP contribution is 2.30. The number of ether oxygens (including phenoxy) is 2. The van der Waals surface area contributed by atoms with Crippen LogP contribution >= 0.6 is 0 Å². The molecule has 0 spiro atoms. The molecule has 128 valence electrons. The summed E-state index contributed by atoms with van der Waals surface area (Å²) in [6, 6.07) is 6.84. The smallest absolute Gasteiger partial charge is 0.257 e. The first-order valence-electron chi connectivity index (χ1n) is 7.58. The van der Waals surface area contributed by atoms with Gasteiger partial charge in [-0.05, 0) is 17.7 Å². The summed E-state index contributed by atoms with van der Waals surface area (Å²) >= 11 is 0. The van der Waals surface area contributed by atoms with Crippen LogP contribution in [0.5, 0.6) is 11.5 Å². The van der Waals surface area contributed by atoms with Gasteiger partial charge in [0.05, 0.1) is 25.1 Å². The Bertz CT molecular complexity index is 967. The van der Waals surface area contributed by atoms with Crippen molar-refractivity contribution in [1.82, 2.24) is 15.3 Å². The van der Waals surface area contributed by atoms with E-state index in [0.717, 1.165) is 5.56 Å². The molecule has 2 N–H and O–H groups in total. The maximum Gasteiger partial charge on any atom is 0.257 e. The van der Waals surface area contributed by atoms with Gasteiger partial charge in [-0.1, -0.05) is 6.07 Å². The van der Waals surface area contributed by atoms with Crippen LogP contribution in [0.2, 0.25) is 0 Å². The van der Waals surface area contributed by atoms with Crippen LogP contribution in [0.25, 0.3) is 10.9 Å². The summed E-state index contributed by atoms with van der Waals surface area (Å²) in [6.07, 6.45) is 4.71. The monoisotopic (exact) mass is 339 g/mol. The van der Waals surface area contributed by atoms with E-state index < -0.39 is 5.91 Å². The highest BCUT2D eigenvalue weighted by atomic mass is 16.5. The van der Waals surface area contributed by atoms with Crippen LogP contribution in [-0.4, -0.2) is 30.1 Å². The lowest BCUT2D eigenvalue weighted by Crippen LogP contribution is -2.28. The zero-order chi connectivity index (χ0) is 17.8. The molecule has 2 heterocycles. The first-order valence-corrected chi connectivity index (χ1v) is 7.58. The Kier molecular flexibility index (Phi) is 4.65. The summed E-state index contributed by atoms with van der Waals surface area (Å²) in [7, 11) is 3.00. The lowest BCUT2D eigenvalue weighted by molar-refractivity contribution is 0.0949. The number of aromatic nitrogens is 2. The van der Waals surface area contributed by atoms with Gasteiger partial charge in [-0.15, -0.1) is 0 Å². The molecule has 3 aromatic rings. The molecule has 1 aromatic carbocycles. The van der Waals surface area contributed by atoms with Gasteiger partial charge < -0.3 is 19.8 Å². The number of carbonyl (C=O) groups is 1. The van der Waals surface area contributed by atoms with Crippen molar-refractivity contribution < 1.29 is 14.3 Å². The average Bonchev–Trinajstić information content (AvgIpc) is 2.66. The highest BCUT2D eigenvalue weighted by Gasteiger charge is 2.15. The number of amides is 1. The number of H-pyrrole nitrogens is 1. The quantitative estimate of drug-likeness (QED) is 0.740. The Morgan fingerprint density at radius 1 is 1.24 bits per heavy atom. The minimum absolute atomic E-state index is 0.0311. The molecule has 2 aromatic heterocycles. The molecule has 0 aliphatic rings. The zero-order valence-corrected chi connectivity index (χ0v) is 13.8. The maximum atomic E-state index is 12.7. The van der Waals surface area contributed by atoms with Crippen LogP contribution in [0.3, 0.4) is 0 Å². The molecule has 0 atom stereocenters. The Hall–Kier alpha value is -3.35. The minimum atomic E-state index is -0.457. The zero-order valence-electron chi connectivity index (χ0n) is 13.8. The summed E-state index contributed by atoms with van der Waals surface area (Å²) in [5, 5.41) is 3.07. The first kappa shape index (κ1) is 16.5. The molecular weight excluding hydrogens is 322 g/mol. The van der Waals surface area contributed by atoms with Crippen LogP contribution < -0.4 is 20.2 Å². The molecule has 0 aliphatic carbocycles. The fourth-order valence-electron chi connectivity index (χ4n) is 2.50. The number of rotatable bonds is 5. The molecule has 0 bridgehead atoms. The molecule has 3 rings (SSSR count). The van der Waals surface area contributed by atoms with Crippen molar-refractivity contribution in [2.75, 3.05) is 14.2 Å². The molecule has 0 unspecified atom stereocenters. The van der Waals surface area contributed by atoms with Gasteiger partial charge in [0, 0.05) is 31.2 Å². The van der Waals surface area contributed by atoms with Crippen molar-refractivity contribution in [3.05, 3.63) is 64.2 Å². The van der Waals surface area contributed by atoms with Crippen molar-refractivity contribution in [3.8, 4) is 11.5 Å². The predicted molar refractivity (Wildman–Crippen MR) is 93.1 cm³/mol. The lowest BCUT2D eigenvalue weighted by atomic mass is 10.1. The molecule has 7 nitrogen and oxygen atoms in total. The number of carbonyl (C=O) groups excluding carboxylic acids is 1. The van der Waals surface area contributed by atoms with Gasteiger partial charge in [0.1, 0.15) is 5.56 Å². The molecule has 0 fully saturated rings. The van der Waals surface area contributed by atoms with E-state index in [0.29, 0.717) is 22.4 Å². The molecule has 0 aliphatic heterocycles. The number of benzene rings is 1. The van der Waals surface area contributed by atoms with Crippen molar-refractivity contribution >= 4 is 16.8 Å². The van der Waals surface area contributed by atoms with Gasteiger partial charge in [0.25, 0.3) is 5.91 Å². The van der Waals surface area contributed by atoms with Gasteiger partial charge in [-0.25, -0.2) is 0 Å². The number of aromatic amines is 1. The van der Waals surface area contributed by atoms with E-state index in [4.69, 9.17) is 9.47 Å². The van der Waals surface area contributed by atoms with Crippen LogP contribution in [0.4, 0.5) is 0 Å². The second kappa shape index (κ2) is 7.04. The average molecular weight is 339 g/mol. The number of nitrogens with one attached hydrogen (secondary N) is 2. The number of pyridine rings is 2. The molecule has 7 heteroatoms. The van der Waals surface area contributed by atoms with Crippen molar-refractivity contribution in [1.29, 1.82) is 0 Å². The van der Waals surface area contributed by atoms with E-state index in [1.165, 1.54) is 20.4 Å². The van der Waals surface area contributed by atoms with E-state index in [2.05, 4.69) is 15.3 Å². The fraction of sp³-hybridized carbons (Fsp3) is 0.167. The van der Waals surface area contributed by atoms with E-state index in [-0.39, 0.29) is 17.5 Å². The Balaban J connectivity index is 1.92. The highest BCUT2D eigenvalue weighted by molar-refractivity contribution is 5.97. The van der Waals surface area contributed by atoms with Crippen molar-refractivity contribution in [2.45, 2.75) is 6.54 Å². The van der Waals surface area contributed by atoms with Crippen molar-refractivity contribution in [2.24, 2.45) is 0 Å². The molecule has 25 heavy (non-hydrogen) atoms. The third-order valence-electron chi connectivity index (χ3n) is 3.81. The van der Waals surface area contributed by atoms with Gasteiger partial charge in [0.2, 0.25) is 5.43 Å². The molecule has 0 radical (unpaired) electrons. The second-order valence-corrected chi connectivity index (χ2v) is 5.33. The Labute approximate surface area is 143 Å². The Morgan fingerprint density at radius 3 is 2.68 bits per heavy atom. The summed E-state index contributed by atoms with van der Waals surface area (Å²) in [4.78, 5) is 32.0. The molecule has 0 saturated heterocycles. The third-order valence-corrected chi connectivity index (χ3v) is 3.81. The maximum absolute atomic E-state index is 12.7. The normalized spacial score (nSPS) is 10.5. The van der Waals surface area contributed by atoms with Gasteiger partial charge in [-0.2, -0.15) is 0 Å². The van der Waals surface area contributed by atoms with Crippen molar-refractivity contribution in [3.63, 3.8) is 0 Å². The van der Waals surface area contributed by atoms with Gasteiger partial charge >= 0.3 is 0 Å². The number of nitrogens with zero attached hydrogens (tertiary/aromatic N) is 1. The van der Waals surface area contributed by atoms with E-state index in [9.17, 15) is 9.59 Å². The lowest BCUT2D eigenvalue weighted by Gasteiger charge is -2.10. The number of methoxy groups -OCH3 is 2.